The van der Waals surface area contributed by atoms with Crippen LogP contribution in [0.1, 0.15) is 80.9 Å². The summed E-state index contributed by atoms with van der Waals surface area (Å²) in [4.78, 5) is 8.83. The minimum atomic E-state index is -1.20. The molecule has 8 atom stereocenters. The Bertz CT molecular complexity index is 2320. The van der Waals surface area contributed by atoms with Crippen LogP contribution >= 0.6 is 0 Å². The molecule has 4 bridgehead atoms. The lowest BCUT2D eigenvalue weighted by Gasteiger charge is -2.63. The monoisotopic (exact) mass is 733 g/mol. The Morgan fingerprint density at radius 3 is 1.47 bits per heavy atom. The van der Waals surface area contributed by atoms with Crippen LogP contribution in [-0.2, 0) is 49.6 Å². The van der Waals surface area contributed by atoms with Crippen molar-refractivity contribution in [1.29, 1.82) is 0 Å². The normalized spacial score (nSPS) is 35.2. The molecule has 1 aromatic heterocycles. The van der Waals surface area contributed by atoms with Gasteiger partial charge in [-0.1, -0.05) is 72.8 Å². The molecule has 0 radical (unpaired) electrons. The molecule has 2 fully saturated rings. The van der Waals surface area contributed by atoms with Gasteiger partial charge < -0.3 is 34.9 Å². The molecule has 0 unspecified atom stereocenters. The summed E-state index contributed by atoms with van der Waals surface area (Å²) in [5.74, 6) is 1.21. The number of hydrogen-bond donors (Lipinski definition) is 5. The van der Waals surface area contributed by atoms with Crippen molar-refractivity contribution in [1.82, 2.24) is 14.8 Å². The minimum Gasteiger partial charge on any atom is -0.504 e. The van der Waals surface area contributed by atoms with Crippen molar-refractivity contribution >= 4 is 0 Å². The van der Waals surface area contributed by atoms with E-state index in [0.29, 0.717) is 50.0 Å². The maximum Gasteiger partial charge on any atom is 0.166 e. The number of phenolic OH excluding ortho intramolecular Hbond substituents is 2. The molecule has 55 heavy (non-hydrogen) atoms. The number of aromatic amines is 1. The Labute approximate surface area is 318 Å². The van der Waals surface area contributed by atoms with Gasteiger partial charge in [-0.15, -0.1) is 0 Å². The summed E-state index contributed by atoms with van der Waals surface area (Å²) in [5.41, 5.74) is 6.54. The van der Waals surface area contributed by atoms with E-state index in [2.05, 4.69) is 63.3 Å². The van der Waals surface area contributed by atoms with Gasteiger partial charge in [0.15, 0.2) is 35.2 Å². The molecule has 2 spiro atoms. The smallest absolute Gasteiger partial charge is 0.166 e. The maximum absolute atomic E-state index is 13.7. The summed E-state index contributed by atoms with van der Waals surface area (Å²) in [5, 5.41) is 50.0. The molecule has 4 aliphatic carbocycles. The summed E-state index contributed by atoms with van der Waals surface area (Å²) in [6.07, 6.45) is 2.36. The van der Waals surface area contributed by atoms with E-state index in [4.69, 9.17) is 9.47 Å². The molecule has 0 amide bonds. The van der Waals surface area contributed by atoms with Crippen LogP contribution < -0.4 is 9.47 Å². The number of hydrogen-bond acceptors (Lipinski definition) is 8. The van der Waals surface area contributed by atoms with Gasteiger partial charge in [-0.25, -0.2) is 0 Å². The number of nitrogens with one attached hydrogen (secondary N) is 1. The lowest BCUT2D eigenvalue weighted by molar-refractivity contribution is -0.177. The maximum atomic E-state index is 13.7. The highest BCUT2D eigenvalue weighted by Gasteiger charge is 2.76. The first-order chi connectivity index (χ1) is 26.7. The van der Waals surface area contributed by atoms with Crippen LogP contribution in [0.15, 0.2) is 84.9 Å². The number of likely N-dealkylation sites (tertiary alicyclic amines) is 2. The van der Waals surface area contributed by atoms with Crippen molar-refractivity contribution in [2.45, 2.75) is 97.9 Å². The quantitative estimate of drug-likeness (QED) is 0.167. The van der Waals surface area contributed by atoms with Crippen LogP contribution in [0.2, 0.25) is 0 Å². The molecular formula is C46H43N3O6. The van der Waals surface area contributed by atoms with Crippen molar-refractivity contribution in [3.63, 3.8) is 0 Å². The summed E-state index contributed by atoms with van der Waals surface area (Å²) in [7, 11) is 0. The van der Waals surface area contributed by atoms with Crippen molar-refractivity contribution < 1.29 is 29.9 Å². The summed E-state index contributed by atoms with van der Waals surface area (Å²) in [6, 6.07) is 28.2. The van der Waals surface area contributed by atoms with E-state index in [1.807, 2.05) is 24.3 Å². The van der Waals surface area contributed by atoms with Crippen LogP contribution in [-0.4, -0.2) is 71.6 Å². The van der Waals surface area contributed by atoms with Crippen LogP contribution in [0.4, 0.5) is 0 Å². The zero-order chi connectivity index (χ0) is 36.6. The van der Waals surface area contributed by atoms with Crippen molar-refractivity contribution in [3.05, 3.63) is 141 Å². The summed E-state index contributed by atoms with van der Waals surface area (Å²) < 4.78 is 13.9. The third-order valence-electron chi connectivity index (χ3n) is 15.8. The van der Waals surface area contributed by atoms with E-state index in [-0.39, 0.29) is 23.6 Å². The van der Waals surface area contributed by atoms with Gasteiger partial charge in [0, 0.05) is 62.2 Å². The molecule has 13 rings (SSSR count). The standard InChI is InChI=1S/C46H43N3O6/c50-31-13-11-27-19-33-45(52)21-29-30-22-46(53)34-20-28-12-14-32(51)40-36(28)44(46,16-18-49(34)24-26-9-5-2-6-10-26)42(55-40)38(30)47-37(29)41-43(45,35(27)39(31)54-41)15-17-48(33)23-25-7-3-1-4-8-25/h1-14,33-34,41-42,47,50-53H,15-24H2/t33-,34-,41+,42+,43+,44+,45-,46-/m1/s1. The highest BCUT2D eigenvalue weighted by atomic mass is 16.5. The topological polar surface area (TPSA) is 122 Å². The predicted octanol–water partition coefficient (Wildman–Crippen LogP) is 5.40. The van der Waals surface area contributed by atoms with Gasteiger partial charge in [0.25, 0.3) is 0 Å². The second kappa shape index (κ2) is 10.1. The van der Waals surface area contributed by atoms with Gasteiger partial charge >= 0.3 is 0 Å². The number of ether oxygens (including phenoxy) is 2. The highest BCUT2D eigenvalue weighted by molar-refractivity contribution is 5.68. The number of aromatic nitrogens is 1. The SMILES string of the molecule is Oc1ccc2c3c1O[C@H]1c4[nH]c5c(c4C[C@@]4(O)[C@@H](C2)N(Cc2ccccc2)CC[C@]314)C[C@@]1(O)[C@H]2Cc3ccc(O)c4c3[C@@]1(CCN2Cc1ccccc1)[C@H]5O4. The second-order valence-corrected chi connectivity index (χ2v) is 17.8. The second-order valence-electron chi connectivity index (χ2n) is 17.8. The largest absolute Gasteiger partial charge is 0.504 e. The first kappa shape index (κ1) is 31.4. The molecule has 9 nitrogen and oxygen atoms in total. The van der Waals surface area contributed by atoms with E-state index in [1.54, 1.807) is 12.1 Å². The average Bonchev–Trinajstić information content (AvgIpc) is 3.84. The third kappa shape index (κ3) is 3.49. The van der Waals surface area contributed by atoms with E-state index in [0.717, 1.165) is 70.9 Å². The number of aromatic hydroxyl groups is 2. The van der Waals surface area contributed by atoms with Crippen LogP contribution in [0.3, 0.4) is 0 Å². The highest BCUT2D eigenvalue weighted by Crippen LogP contribution is 2.72. The molecule has 278 valence electrons. The van der Waals surface area contributed by atoms with Crippen LogP contribution in [0.5, 0.6) is 23.0 Å². The molecule has 2 saturated heterocycles. The van der Waals surface area contributed by atoms with Crippen molar-refractivity contribution in [2.24, 2.45) is 0 Å². The van der Waals surface area contributed by atoms with Gasteiger partial charge in [-0.3, -0.25) is 9.80 Å². The number of H-pyrrole nitrogens is 1. The van der Waals surface area contributed by atoms with Crippen molar-refractivity contribution in [3.8, 4) is 23.0 Å². The van der Waals surface area contributed by atoms with E-state index >= 15 is 0 Å². The average molecular weight is 734 g/mol. The molecular weight excluding hydrogens is 691 g/mol. The Hall–Kier alpha value is -4.80. The number of rotatable bonds is 4. The Balaban J connectivity index is 1.00. The fourth-order valence-corrected chi connectivity index (χ4v) is 13.7. The van der Waals surface area contributed by atoms with E-state index in [9.17, 15) is 20.4 Å². The molecule has 9 heteroatoms. The number of fused-ring (bicyclic) bond motifs is 5. The van der Waals surface area contributed by atoms with Crippen LogP contribution in [0.25, 0.3) is 0 Å². The van der Waals surface area contributed by atoms with Gasteiger partial charge in [0.1, 0.15) is 0 Å². The zero-order valence-electron chi connectivity index (χ0n) is 30.5. The number of aliphatic hydroxyl groups is 2. The van der Waals surface area contributed by atoms with E-state index < -0.39 is 34.2 Å². The van der Waals surface area contributed by atoms with Gasteiger partial charge in [-0.2, -0.15) is 0 Å². The molecule has 5 heterocycles. The molecule has 4 aromatic carbocycles. The molecule has 0 saturated carbocycles. The first-order valence-corrected chi connectivity index (χ1v) is 20.0. The predicted molar refractivity (Wildman–Crippen MR) is 202 cm³/mol. The number of nitrogens with zero attached hydrogens (tertiary/aromatic N) is 2. The Kier molecular flexibility index (Phi) is 5.79. The fourth-order valence-electron chi connectivity index (χ4n) is 13.7. The molecule has 8 aliphatic rings. The lowest BCUT2D eigenvalue weighted by atomic mass is 9.47. The zero-order valence-corrected chi connectivity index (χ0v) is 30.5. The lowest BCUT2D eigenvalue weighted by Crippen LogP contribution is -2.75. The van der Waals surface area contributed by atoms with Crippen molar-refractivity contribution in [2.75, 3.05) is 13.1 Å². The fraction of sp³-hybridized carbons (Fsp3) is 0.391. The first-order valence-electron chi connectivity index (χ1n) is 20.0. The van der Waals surface area contributed by atoms with Crippen LogP contribution in [0, 0.1) is 0 Å². The third-order valence-corrected chi connectivity index (χ3v) is 15.8. The summed E-state index contributed by atoms with van der Waals surface area (Å²) >= 11 is 0. The van der Waals surface area contributed by atoms with Gasteiger partial charge in [0.05, 0.1) is 33.4 Å². The Morgan fingerprint density at radius 2 is 1.04 bits per heavy atom. The van der Waals surface area contributed by atoms with Gasteiger partial charge in [-0.05, 0) is 71.2 Å². The number of benzene rings is 4. The summed E-state index contributed by atoms with van der Waals surface area (Å²) in [6.45, 7) is 3.04. The molecule has 4 aliphatic heterocycles. The minimum absolute atomic E-state index is 0.108. The number of phenols is 2. The molecule has 5 N–H and O–H groups in total. The molecule has 5 aromatic rings. The Morgan fingerprint density at radius 1 is 0.600 bits per heavy atom. The van der Waals surface area contributed by atoms with E-state index in [1.165, 1.54) is 11.1 Å². The van der Waals surface area contributed by atoms with Gasteiger partial charge in [0.2, 0.25) is 0 Å². The number of piperidine rings is 2.